The number of aromatic nitrogens is 4. The summed E-state index contributed by atoms with van der Waals surface area (Å²) in [6, 6.07) is 9.56. The highest BCUT2D eigenvalue weighted by atomic mass is 32.2. The highest BCUT2D eigenvalue weighted by molar-refractivity contribution is 7.99. The maximum Gasteiger partial charge on any atom is 0.231 e. The molecule has 3 heterocycles. The van der Waals surface area contributed by atoms with Gasteiger partial charge in [0.15, 0.2) is 28.3 Å². The maximum absolute atomic E-state index is 12.9. The minimum atomic E-state index is 0.0254. The van der Waals surface area contributed by atoms with Crippen molar-refractivity contribution in [3.05, 3.63) is 48.3 Å². The molecule has 1 aromatic carbocycles. The van der Waals surface area contributed by atoms with Crippen LogP contribution in [0.4, 0.5) is 0 Å². The van der Waals surface area contributed by atoms with Crippen LogP contribution in [0.2, 0.25) is 0 Å². The molecular weight excluding hydrogens is 412 g/mol. The molecule has 0 radical (unpaired) electrons. The van der Waals surface area contributed by atoms with E-state index in [1.165, 1.54) is 31.0 Å². The van der Waals surface area contributed by atoms with Gasteiger partial charge in [-0.3, -0.25) is 14.3 Å². The van der Waals surface area contributed by atoms with Crippen LogP contribution < -0.4 is 9.47 Å². The molecule has 160 valence electrons. The van der Waals surface area contributed by atoms with Gasteiger partial charge in [0.05, 0.1) is 5.75 Å². The fraction of sp³-hybridized carbons (Fsp3) is 0.391. The lowest BCUT2D eigenvalue weighted by atomic mass is 9.85. The van der Waals surface area contributed by atoms with E-state index in [4.69, 9.17) is 9.47 Å². The lowest BCUT2D eigenvalue weighted by Gasteiger charge is -2.31. The van der Waals surface area contributed by atoms with Gasteiger partial charge in [-0.05, 0) is 49.1 Å². The summed E-state index contributed by atoms with van der Waals surface area (Å²) in [5.74, 6) is 2.96. The Morgan fingerprint density at radius 1 is 1.16 bits per heavy atom. The molecule has 0 spiro atoms. The van der Waals surface area contributed by atoms with Gasteiger partial charge in [0.25, 0.3) is 0 Å². The van der Waals surface area contributed by atoms with Gasteiger partial charge in [-0.1, -0.05) is 31.5 Å². The second kappa shape index (κ2) is 8.70. The molecule has 0 saturated heterocycles. The first kappa shape index (κ1) is 20.1. The number of nitrogens with zero attached hydrogens (tertiary/aromatic N) is 4. The van der Waals surface area contributed by atoms with E-state index in [-0.39, 0.29) is 18.3 Å². The van der Waals surface area contributed by atoms with Crippen molar-refractivity contribution in [2.24, 2.45) is 5.92 Å². The average molecular weight is 437 g/mol. The Hall–Kier alpha value is -2.87. The number of ketones is 1. The molecule has 5 rings (SSSR count). The van der Waals surface area contributed by atoms with Crippen LogP contribution in [0.3, 0.4) is 0 Å². The van der Waals surface area contributed by atoms with E-state index >= 15 is 0 Å². The first-order valence-corrected chi connectivity index (χ1v) is 11.6. The third-order valence-electron chi connectivity index (χ3n) is 6.01. The van der Waals surface area contributed by atoms with Crippen LogP contribution >= 0.6 is 11.8 Å². The fourth-order valence-electron chi connectivity index (χ4n) is 4.33. The molecule has 0 N–H and O–H groups in total. The zero-order valence-electron chi connectivity index (χ0n) is 17.4. The summed E-state index contributed by atoms with van der Waals surface area (Å²) in [5, 5.41) is 9.76. The summed E-state index contributed by atoms with van der Waals surface area (Å²) in [5.41, 5.74) is 1.56. The number of ether oxygens (including phenoxy) is 2. The number of carbonyl (C=O) groups excluding carboxylic acids is 1. The number of pyridine rings is 1. The van der Waals surface area contributed by atoms with Crippen LogP contribution in [-0.2, 0) is 0 Å². The lowest BCUT2D eigenvalue weighted by molar-refractivity contribution is 0.102. The molecule has 2 aromatic heterocycles. The van der Waals surface area contributed by atoms with Crippen LogP contribution in [0.15, 0.2) is 47.9 Å². The monoisotopic (exact) mass is 436 g/mol. The minimum absolute atomic E-state index is 0.0254. The topological polar surface area (TPSA) is 79.1 Å². The van der Waals surface area contributed by atoms with E-state index in [1.54, 1.807) is 24.4 Å². The predicted octanol–water partition coefficient (Wildman–Crippen LogP) is 4.80. The molecule has 0 unspecified atom stereocenters. The standard InChI is InChI=1S/C23H24N4O3S/c1-15-5-2-3-7-18(15)27-22(17-6-4-10-24-12-17)25-26-23(27)31-13-19(28)16-8-9-20-21(11-16)30-14-29-20/h4,6,8-12,15,18H,2-3,5,7,13-14H2,1H3/t15-,18-/m1/s1. The van der Waals surface area contributed by atoms with Crippen LogP contribution in [0.25, 0.3) is 11.4 Å². The minimum Gasteiger partial charge on any atom is -0.454 e. The van der Waals surface area contributed by atoms with E-state index < -0.39 is 0 Å². The van der Waals surface area contributed by atoms with E-state index in [1.807, 2.05) is 18.3 Å². The van der Waals surface area contributed by atoms with Gasteiger partial charge in [0.2, 0.25) is 6.79 Å². The molecule has 1 fully saturated rings. The number of fused-ring (bicyclic) bond motifs is 1. The van der Waals surface area contributed by atoms with Crippen molar-refractivity contribution < 1.29 is 14.3 Å². The van der Waals surface area contributed by atoms with Crippen molar-refractivity contribution in [2.45, 2.75) is 43.8 Å². The van der Waals surface area contributed by atoms with Crippen molar-refractivity contribution in [1.29, 1.82) is 0 Å². The van der Waals surface area contributed by atoms with Gasteiger partial charge in [0.1, 0.15) is 0 Å². The van der Waals surface area contributed by atoms with Crippen molar-refractivity contribution in [1.82, 2.24) is 19.7 Å². The third kappa shape index (κ3) is 4.04. The first-order valence-electron chi connectivity index (χ1n) is 10.6. The van der Waals surface area contributed by atoms with Crippen molar-refractivity contribution in [3.63, 3.8) is 0 Å². The number of Topliss-reactive ketones (excluding diaryl/α,β-unsaturated/α-hetero) is 1. The Balaban J connectivity index is 1.41. The predicted molar refractivity (Wildman–Crippen MR) is 118 cm³/mol. The zero-order chi connectivity index (χ0) is 21.2. The third-order valence-corrected chi connectivity index (χ3v) is 6.95. The molecule has 31 heavy (non-hydrogen) atoms. The smallest absolute Gasteiger partial charge is 0.231 e. The van der Waals surface area contributed by atoms with E-state index in [9.17, 15) is 4.79 Å². The molecule has 0 amide bonds. The van der Waals surface area contributed by atoms with Gasteiger partial charge in [-0.15, -0.1) is 10.2 Å². The molecular formula is C23H24N4O3S. The normalized spacial score (nSPS) is 20.0. The summed E-state index contributed by atoms with van der Waals surface area (Å²) in [6.45, 7) is 2.49. The number of carbonyl (C=O) groups is 1. The Bertz CT molecular complexity index is 1090. The lowest BCUT2D eigenvalue weighted by Crippen LogP contribution is -2.22. The summed E-state index contributed by atoms with van der Waals surface area (Å²) >= 11 is 1.44. The van der Waals surface area contributed by atoms with Crippen molar-refractivity contribution >= 4 is 17.5 Å². The fourth-order valence-corrected chi connectivity index (χ4v) is 5.22. The largest absolute Gasteiger partial charge is 0.454 e. The summed E-state index contributed by atoms with van der Waals surface area (Å²) in [7, 11) is 0. The second-order valence-electron chi connectivity index (χ2n) is 8.03. The first-order chi connectivity index (χ1) is 15.2. The quantitative estimate of drug-likeness (QED) is 0.406. The van der Waals surface area contributed by atoms with Crippen molar-refractivity contribution in [2.75, 3.05) is 12.5 Å². The van der Waals surface area contributed by atoms with Gasteiger partial charge in [-0.25, -0.2) is 0 Å². The molecule has 3 aromatic rings. The maximum atomic E-state index is 12.9. The summed E-state index contributed by atoms with van der Waals surface area (Å²) in [4.78, 5) is 17.1. The Morgan fingerprint density at radius 3 is 2.87 bits per heavy atom. The van der Waals surface area contributed by atoms with Gasteiger partial charge in [0, 0.05) is 29.6 Å². The summed E-state index contributed by atoms with van der Waals surface area (Å²) in [6.07, 6.45) is 8.31. The molecule has 7 nitrogen and oxygen atoms in total. The van der Waals surface area contributed by atoms with Gasteiger partial charge >= 0.3 is 0 Å². The average Bonchev–Trinajstić information content (AvgIpc) is 3.45. The van der Waals surface area contributed by atoms with E-state index in [0.717, 1.165) is 23.0 Å². The molecule has 2 atom stereocenters. The van der Waals surface area contributed by atoms with Gasteiger partial charge in [-0.2, -0.15) is 0 Å². The van der Waals surface area contributed by atoms with E-state index in [2.05, 4.69) is 26.7 Å². The number of benzene rings is 1. The Labute approximate surface area is 185 Å². The molecule has 1 aliphatic heterocycles. The number of hydrogen-bond acceptors (Lipinski definition) is 7. The molecule has 8 heteroatoms. The van der Waals surface area contributed by atoms with Crippen LogP contribution in [0, 0.1) is 5.92 Å². The number of hydrogen-bond donors (Lipinski definition) is 0. The highest BCUT2D eigenvalue weighted by Crippen LogP contribution is 2.39. The summed E-state index contributed by atoms with van der Waals surface area (Å²) < 4.78 is 13.0. The zero-order valence-corrected chi connectivity index (χ0v) is 18.2. The molecule has 1 aliphatic carbocycles. The van der Waals surface area contributed by atoms with Crippen LogP contribution in [0.5, 0.6) is 11.5 Å². The Kier molecular flexibility index (Phi) is 5.63. The van der Waals surface area contributed by atoms with E-state index in [0.29, 0.717) is 29.0 Å². The molecule has 0 bridgehead atoms. The SMILES string of the molecule is C[C@@H]1CCCC[C@H]1n1c(SCC(=O)c2ccc3c(c2)OCO3)nnc1-c1cccnc1. The van der Waals surface area contributed by atoms with Crippen LogP contribution in [-0.4, -0.2) is 38.1 Å². The van der Waals surface area contributed by atoms with Crippen molar-refractivity contribution in [3.8, 4) is 22.9 Å². The molecule has 1 saturated carbocycles. The Morgan fingerprint density at radius 2 is 2.03 bits per heavy atom. The number of rotatable bonds is 6. The molecule has 2 aliphatic rings. The van der Waals surface area contributed by atoms with Crippen LogP contribution in [0.1, 0.15) is 49.0 Å². The highest BCUT2D eigenvalue weighted by Gasteiger charge is 2.29. The number of thioether (sulfide) groups is 1. The van der Waals surface area contributed by atoms with Gasteiger partial charge < -0.3 is 9.47 Å². The second-order valence-corrected chi connectivity index (χ2v) is 8.97.